The summed E-state index contributed by atoms with van der Waals surface area (Å²) >= 11 is 0. The van der Waals surface area contributed by atoms with Crippen LogP contribution in [0.15, 0.2) is 29.2 Å². The number of aliphatic hydroxyl groups is 1. The maximum absolute atomic E-state index is 12.7. The lowest BCUT2D eigenvalue weighted by Gasteiger charge is -2.21. The predicted molar refractivity (Wildman–Crippen MR) is 71.5 cm³/mol. The third-order valence-electron chi connectivity index (χ3n) is 3.81. The number of halogens is 3. The minimum atomic E-state index is -4.59. The highest BCUT2D eigenvalue weighted by Gasteiger charge is 2.36. The Kier molecular flexibility index (Phi) is 4.63. The van der Waals surface area contributed by atoms with E-state index in [-0.39, 0.29) is 11.3 Å². The molecule has 0 aliphatic heterocycles. The quantitative estimate of drug-likeness (QED) is 0.851. The van der Waals surface area contributed by atoms with Crippen LogP contribution in [-0.4, -0.2) is 24.9 Å². The van der Waals surface area contributed by atoms with Crippen LogP contribution >= 0.6 is 0 Å². The highest BCUT2D eigenvalue weighted by atomic mass is 32.2. The van der Waals surface area contributed by atoms with Crippen LogP contribution < -0.4 is 0 Å². The molecule has 2 atom stereocenters. The fraction of sp³-hybridized carbons (Fsp3) is 0.571. The van der Waals surface area contributed by atoms with Gasteiger partial charge in [0.25, 0.3) is 0 Å². The van der Waals surface area contributed by atoms with Crippen molar-refractivity contribution in [2.75, 3.05) is 0 Å². The summed E-state index contributed by atoms with van der Waals surface area (Å²) in [5, 5.41) is 8.95. The zero-order valence-electron chi connectivity index (χ0n) is 11.3. The van der Waals surface area contributed by atoms with Crippen LogP contribution in [0.2, 0.25) is 0 Å². The second kappa shape index (κ2) is 5.96. The lowest BCUT2D eigenvalue weighted by molar-refractivity contribution is -0.137. The zero-order chi connectivity index (χ0) is 15.7. The van der Waals surface area contributed by atoms with Crippen molar-refractivity contribution in [2.24, 2.45) is 0 Å². The van der Waals surface area contributed by atoms with Gasteiger partial charge in [-0.05, 0) is 31.0 Å². The first-order valence-corrected chi connectivity index (χ1v) is 8.37. The number of aliphatic hydroxyl groups excluding tert-OH is 1. The Hall–Kier alpha value is -1.08. The second-order valence-corrected chi connectivity index (χ2v) is 7.48. The molecule has 0 radical (unpaired) electrons. The predicted octanol–water partition coefficient (Wildman–Crippen LogP) is 3.17. The number of sulfone groups is 1. The van der Waals surface area contributed by atoms with Crippen molar-refractivity contribution in [1.82, 2.24) is 0 Å². The van der Waals surface area contributed by atoms with Gasteiger partial charge in [0.05, 0.1) is 21.8 Å². The van der Waals surface area contributed by atoms with Crippen molar-refractivity contribution in [3.63, 3.8) is 0 Å². The molecule has 1 N–H and O–H groups in total. The van der Waals surface area contributed by atoms with Gasteiger partial charge in [0.15, 0.2) is 9.84 Å². The Labute approximate surface area is 121 Å². The minimum absolute atomic E-state index is 0.278. The fourth-order valence-corrected chi connectivity index (χ4v) is 4.58. The van der Waals surface area contributed by atoms with Crippen molar-refractivity contribution >= 4 is 9.84 Å². The van der Waals surface area contributed by atoms with Gasteiger partial charge in [0.2, 0.25) is 0 Å². The van der Waals surface area contributed by atoms with Gasteiger partial charge < -0.3 is 5.11 Å². The summed E-state index contributed by atoms with van der Waals surface area (Å²) in [6, 6.07) is 3.72. The number of alkyl halides is 3. The van der Waals surface area contributed by atoms with E-state index in [4.69, 9.17) is 0 Å². The monoisotopic (exact) mass is 322 g/mol. The Morgan fingerprint density at radius 1 is 1.10 bits per heavy atom. The van der Waals surface area contributed by atoms with Gasteiger partial charge in [-0.25, -0.2) is 8.42 Å². The SMILES string of the molecule is O=S(=O)(c1cccc(C(F)(F)F)c1)C1CCCCCC1O. The third kappa shape index (κ3) is 3.58. The first-order chi connectivity index (χ1) is 9.73. The standard InChI is InChI=1S/C14H17F3O3S/c15-14(16,17)10-5-4-6-11(9-10)21(19,20)13-8-3-1-2-7-12(13)18/h4-6,9,12-13,18H,1-3,7-8H2. The Balaban J connectivity index is 2.39. The van der Waals surface area contributed by atoms with Crippen LogP contribution in [0.25, 0.3) is 0 Å². The summed E-state index contributed by atoms with van der Waals surface area (Å²) in [5.41, 5.74) is -0.994. The molecule has 0 amide bonds. The molecule has 0 saturated heterocycles. The minimum Gasteiger partial charge on any atom is -0.392 e. The molecular weight excluding hydrogens is 305 g/mol. The summed E-state index contributed by atoms with van der Waals surface area (Å²) in [5.74, 6) is 0. The van der Waals surface area contributed by atoms with Gasteiger partial charge in [-0.1, -0.05) is 25.3 Å². The summed E-state index contributed by atoms with van der Waals surface area (Å²) in [7, 11) is -3.97. The van der Waals surface area contributed by atoms with Gasteiger partial charge in [0, 0.05) is 0 Å². The molecule has 0 aromatic heterocycles. The average molecular weight is 322 g/mol. The van der Waals surface area contributed by atoms with E-state index in [0.29, 0.717) is 18.9 Å². The van der Waals surface area contributed by atoms with E-state index >= 15 is 0 Å². The molecule has 0 heterocycles. The van der Waals surface area contributed by atoms with Crippen LogP contribution in [0.1, 0.15) is 37.7 Å². The summed E-state index contributed by atoms with van der Waals surface area (Å²) in [6.07, 6.45) is -2.76. The van der Waals surface area contributed by atoms with E-state index < -0.39 is 32.9 Å². The lowest BCUT2D eigenvalue weighted by atomic mass is 10.1. The van der Waals surface area contributed by atoms with Gasteiger partial charge in [-0.3, -0.25) is 0 Å². The van der Waals surface area contributed by atoms with E-state index in [0.717, 1.165) is 31.0 Å². The Morgan fingerprint density at radius 2 is 1.76 bits per heavy atom. The zero-order valence-corrected chi connectivity index (χ0v) is 12.1. The largest absolute Gasteiger partial charge is 0.416 e. The van der Waals surface area contributed by atoms with Gasteiger partial charge in [0.1, 0.15) is 0 Å². The van der Waals surface area contributed by atoms with Crippen molar-refractivity contribution in [2.45, 2.75) is 54.5 Å². The average Bonchev–Trinajstić information content (AvgIpc) is 2.63. The number of benzene rings is 1. The van der Waals surface area contributed by atoms with Crippen LogP contribution in [0.3, 0.4) is 0 Å². The molecule has 1 saturated carbocycles. The van der Waals surface area contributed by atoms with Crippen LogP contribution in [-0.2, 0) is 16.0 Å². The molecule has 0 bridgehead atoms. The normalized spacial score (nSPS) is 24.6. The molecule has 2 unspecified atom stereocenters. The van der Waals surface area contributed by atoms with E-state index in [1.807, 2.05) is 0 Å². The molecule has 3 nitrogen and oxygen atoms in total. The topological polar surface area (TPSA) is 54.4 Å². The molecule has 1 aliphatic carbocycles. The van der Waals surface area contributed by atoms with E-state index in [1.54, 1.807) is 0 Å². The molecule has 2 rings (SSSR count). The van der Waals surface area contributed by atoms with Crippen LogP contribution in [0.5, 0.6) is 0 Å². The van der Waals surface area contributed by atoms with Crippen molar-refractivity contribution in [3.8, 4) is 0 Å². The fourth-order valence-electron chi connectivity index (χ4n) is 2.64. The molecule has 21 heavy (non-hydrogen) atoms. The van der Waals surface area contributed by atoms with Crippen LogP contribution in [0.4, 0.5) is 13.2 Å². The molecule has 1 fully saturated rings. The second-order valence-electron chi connectivity index (χ2n) is 5.31. The first-order valence-electron chi connectivity index (χ1n) is 6.82. The number of rotatable bonds is 2. The van der Waals surface area contributed by atoms with Crippen molar-refractivity contribution in [1.29, 1.82) is 0 Å². The Morgan fingerprint density at radius 3 is 2.43 bits per heavy atom. The van der Waals surface area contributed by atoms with Crippen LogP contribution in [0, 0.1) is 0 Å². The van der Waals surface area contributed by atoms with Gasteiger partial charge >= 0.3 is 6.18 Å². The molecule has 7 heteroatoms. The summed E-state index contributed by atoms with van der Waals surface area (Å²) in [6.45, 7) is 0. The molecule has 1 aromatic carbocycles. The number of hydrogen-bond acceptors (Lipinski definition) is 3. The first kappa shape index (κ1) is 16.3. The van der Waals surface area contributed by atoms with Crippen molar-refractivity contribution in [3.05, 3.63) is 29.8 Å². The molecule has 1 aliphatic rings. The van der Waals surface area contributed by atoms with E-state index in [2.05, 4.69) is 0 Å². The smallest absolute Gasteiger partial charge is 0.392 e. The highest BCUT2D eigenvalue weighted by molar-refractivity contribution is 7.92. The Bertz CT molecular complexity index is 596. The summed E-state index contributed by atoms with van der Waals surface area (Å²) < 4.78 is 63.1. The molecule has 1 aromatic rings. The van der Waals surface area contributed by atoms with Crippen molar-refractivity contribution < 1.29 is 26.7 Å². The third-order valence-corrected chi connectivity index (χ3v) is 6.06. The van der Waals surface area contributed by atoms with Gasteiger partial charge in [-0.15, -0.1) is 0 Å². The van der Waals surface area contributed by atoms with Gasteiger partial charge in [-0.2, -0.15) is 13.2 Å². The lowest BCUT2D eigenvalue weighted by Crippen LogP contribution is -2.33. The molecule has 0 spiro atoms. The number of hydrogen-bond donors (Lipinski definition) is 1. The highest BCUT2D eigenvalue weighted by Crippen LogP contribution is 2.33. The molecular formula is C14H17F3O3S. The maximum Gasteiger partial charge on any atom is 0.416 e. The van der Waals surface area contributed by atoms with E-state index in [9.17, 15) is 26.7 Å². The maximum atomic E-state index is 12.7. The summed E-state index contributed by atoms with van der Waals surface area (Å²) in [4.78, 5) is -0.372. The molecule has 118 valence electrons. The van der Waals surface area contributed by atoms with E-state index in [1.165, 1.54) is 0 Å².